The van der Waals surface area contributed by atoms with Crippen LogP contribution in [0, 0.1) is 6.92 Å². The van der Waals surface area contributed by atoms with E-state index in [1.54, 1.807) is 62.5 Å². The van der Waals surface area contributed by atoms with E-state index < -0.39 is 28.0 Å². The van der Waals surface area contributed by atoms with Gasteiger partial charge in [-0.2, -0.15) is 0 Å². The van der Waals surface area contributed by atoms with Crippen molar-refractivity contribution in [3.05, 3.63) is 103 Å². The van der Waals surface area contributed by atoms with Crippen LogP contribution < -0.4 is 19.7 Å². The lowest BCUT2D eigenvalue weighted by Crippen LogP contribution is -2.52. The zero-order valence-electron chi connectivity index (χ0n) is 20.2. The minimum atomic E-state index is -4.13. The zero-order valence-corrected chi connectivity index (χ0v) is 21.0. The molecule has 36 heavy (non-hydrogen) atoms. The molecule has 0 heterocycles. The predicted octanol–water partition coefficient (Wildman–Crippen LogP) is 3.82. The predicted molar refractivity (Wildman–Crippen MR) is 140 cm³/mol. The normalized spacial score (nSPS) is 11.7. The fourth-order valence-electron chi connectivity index (χ4n) is 3.55. The SMILES string of the molecule is C=CCOc1ccc(N(C)C(=O)C(Cc2ccccc2)NC(=O)NS(=O)(=O)c2ccccc2C)cc1. The molecule has 0 aliphatic rings. The van der Waals surface area contributed by atoms with Gasteiger partial charge in [0.25, 0.3) is 10.0 Å². The Morgan fingerprint density at radius 2 is 1.64 bits per heavy atom. The molecule has 0 aliphatic heterocycles. The summed E-state index contributed by atoms with van der Waals surface area (Å²) in [6.07, 6.45) is 1.80. The molecule has 0 aliphatic carbocycles. The molecule has 1 atom stereocenters. The lowest BCUT2D eigenvalue weighted by atomic mass is 10.0. The maximum absolute atomic E-state index is 13.4. The Morgan fingerprint density at radius 1 is 1.00 bits per heavy atom. The number of aryl methyl sites for hydroxylation is 1. The summed E-state index contributed by atoms with van der Waals surface area (Å²) in [5.74, 6) is 0.210. The molecule has 0 fully saturated rings. The topological polar surface area (TPSA) is 105 Å². The van der Waals surface area contributed by atoms with Crippen LogP contribution in [0.3, 0.4) is 0 Å². The third-order valence-electron chi connectivity index (χ3n) is 5.42. The summed E-state index contributed by atoms with van der Waals surface area (Å²) in [5, 5.41) is 2.54. The summed E-state index contributed by atoms with van der Waals surface area (Å²) in [6.45, 7) is 5.61. The zero-order chi connectivity index (χ0) is 26.1. The van der Waals surface area contributed by atoms with Crippen LogP contribution in [0.4, 0.5) is 10.5 Å². The van der Waals surface area contributed by atoms with E-state index in [0.717, 1.165) is 5.56 Å². The van der Waals surface area contributed by atoms with Gasteiger partial charge in [0, 0.05) is 19.2 Å². The number of hydrogen-bond acceptors (Lipinski definition) is 5. The molecule has 0 aromatic heterocycles. The summed E-state index contributed by atoms with van der Waals surface area (Å²) >= 11 is 0. The van der Waals surface area contributed by atoms with Crippen molar-refractivity contribution in [3.8, 4) is 5.75 Å². The number of rotatable bonds is 10. The number of carbonyl (C=O) groups is 2. The molecule has 8 nitrogen and oxygen atoms in total. The average molecular weight is 508 g/mol. The number of hydrogen-bond donors (Lipinski definition) is 2. The third-order valence-corrected chi connectivity index (χ3v) is 6.91. The fraction of sp³-hybridized carbons (Fsp3) is 0.185. The van der Waals surface area contributed by atoms with Crippen LogP contribution in [0.15, 0.2) is 96.4 Å². The number of benzene rings is 3. The lowest BCUT2D eigenvalue weighted by Gasteiger charge is -2.25. The Bertz CT molecular complexity index is 1310. The second-order valence-electron chi connectivity index (χ2n) is 8.08. The van der Waals surface area contributed by atoms with Gasteiger partial charge in [0.05, 0.1) is 4.90 Å². The van der Waals surface area contributed by atoms with Crippen molar-refractivity contribution in [3.63, 3.8) is 0 Å². The summed E-state index contributed by atoms with van der Waals surface area (Å²) in [4.78, 5) is 27.6. The van der Waals surface area contributed by atoms with Gasteiger partial charge < -0.3 is 15.0 Å². The Hall–Kier alpha value is -4.11. The average Bonchev–Trinajstić information content (AvgIpc) is 2.87. The van der Waals surface area contributed by atoms with E-state index in [1.165, 1.54) is 11.0 Å². The number of urea groups is 1. The first kappa shape index (κ1) is 26.5. The van der Waals surface area contributed by atoms with Gasteiger partial charge in [0.2, 0.25) is 5.91 Å². The molecular formula is C27H29N3O5S. The van der Waals surface area contributed by atoms with Crippen LogP contribution in [0.2, 0.25) is 0 Å². The van der Waals surface area contributed by atoms with Crippen LogP contribution in [0.1, 0.15) is 11.1 Å². The quantitative estimate of drug-likeness (QED) is 0.406. The van der Waals surface area contributed by atoms with Gasteiger partial charge in [0.15, 0.2) is 0 Å². The molecule has 0 saturated heterocycles. The monoisotopic (exact) mass is 507 g/mol. The van der Waals surface area contributed by atoms with E-state index in [4.69, 9.17) is 4.74 Å². The number of nitrogens with zero attached hydrogens (tertiary/aromatic N) is 1. The smallest absolute Gasteiger partial charge is 0.329 e. The van der Waals surface area contributed by atoms with Gasteiger partial charge in [0.1, 0.15) is 18.4 Å². The van der Waals surface area contributed by atoms with Gasteiger partial charge >= 0.3 is 6.03 Å². The van der Waals surface area contributed by atoms with Crippen molar-refractivity contribution in [1.29, 1.82) is 0 Å². The number of carbonyl (C=O) groups excluding carboxylic acids is 2. The number of anilines is 1. The lowest BCUT2D eigenvalue weighted by molar-refractivity contribution is -0.120. The van der Waals surface area contributed by atoms with Crippen LogP contribution in [-0.4, -0.2) is 40.1 Å². The third kappa shape index (κ3) is 6.96. The van der Waals surface area contributed by atoms with Crippen molar-refractivity contribution in [2.45, 2.75) is 24.3 Å². The highest BCUT2D eigenvalue weighted by Crippen LogP contribution is 2.20. The molecule has 1 unspecified atom stereocenters. The molecule has 0 bridgehead atoms. The van der Waals surface area contributed by atoms with Crippen LogP contribution in [0.25, 0.3) is 0 Å². The second-order valence-corrected chi connectivity index (χ2v) is 9.73. The first-order valence-electron chi connectivity index (χ1n) is 11.3. The van der Waals surface area contributed by atoms with Gasteiger partial charge in [-0.15, -0.1) is 0 Å². The van der Waals surface area contributed by atoms with E-state index in [1.807, 2.05) is 35.1 Å². The fourth-order valence-corrected chi connectivity index (χ4v) is 4.72. The number of nitrogens with one attached hydrogen (secondary N) is 2. The van der Waals surface area contributed by atoms with E-state index in [2.05, 4.69) is 11.9 Å². The first-order valence-corrected chi connectivity index (χ1v) is 12.7. The Kier molecular flexibility index (Phi) is 8.86. The van der Waals surface area contributed by atoms with Gasteiger partial charge in [-0.1, -0.05) is 61.2 Å². The number of sulfonamides is 1. The van der Waals surface area contributed by atoms with Crippen molar-refractivity contribution in [2.24, 2.45) is 0 Å². The minimum absolute atomic E-state index is 0.0121. The molecule has 0 saturated carbocycles. The maximum Gasteiger partial charge on any atom is 0.329 e. The van der Waals surface area contributed by atoms with Crippen molar-refractivity contribution >= 4 is 27.6 Å². The molecule has 3 amide bonds. The number of ether oxygens (including phenoxy) is 1. The summed E-state index contributed by atoms with van der Waals surface area (Å²) in [6, 6.07) is 20.4. The standard InChI is InChI=1S/C27H29N3O5S/c1-4-18-35-23-16-14-22(15-17-23)30(3)26(31)24(19-21-11-6-5-7-12-21)28-27(32)29-36(33,34)25-13-9-8-10-20(25)2/h4-17,24H,1,18-19H2,2-3H3,(H2,28,29,32). The molecule has 9 heteroatoms. The van der Waals surface area contributed by atoms with Crippen LogP contribution in [-0.2, 0) is 21.2 Å². The summed E-state index contributed by atoms with van der Waals surface area (Å²) in [5.41, 5.74) is 1.88. The number of likely N-dealkylation sites (N-methyl/N-ethyl adjacent to an activating group) is 1. The second kappa shape index (κ2) is 12.0. The Morgan fingerprint density at radius 3 is 2.28 bits per heavy atom. The van der Waals surface area contributed by atoms with Gasteiger partial charge in [-0.05, 0) is 48.4 Å². The molecule has 3 aromatic carbocycles. The van der Waals surface area contributed by atoms with Gasteiger partial charge in [-0.3, -0.25) is 4.79 Å². The van der Waals surface area contributed by atoms with Gasteiger partial charge in [-0.25, -0.2) is 17.9 Å². The van der Waals surface area contributed by atoms with E-state index >= 15 is 0 Å². The molecule has 2 N–H and O–H groups in total. The van der Waals surface area contributed by atoms with E-state index in [-0.39, 0.29) is 11.3 Å². The van der Waals surface area contributed by atoms with Crippen molar-refractivity contribution in [1.82, 2.24) is 10.0 Å². The molecule has 0 spiro atoms. The highest BCUT2D eigenvalue weighted by atomic mass is 32.2. The molecule has 0 radical (unpaired) electrons. The van der Waals surface area contributed by atoms with Crippen LogP contribution in [0.5, 0.6) is 5.75 Å². The molecular weight excluding hydrogens is 478 g/mol. The van der Waals surface area contributed by atoms with E-state index in [9.17, 15) is 18.0 Å². The van der Waals surface area contributed by atoms with Crippen molar-refractivity contribution < 1.29 is 22.7 Å². The largest absolute Gasteiger partial charge is 0.490 e. The number of amides is 3. The van der Waals surface area contributed by atoms with E-state index in [0.29, 0.717) is 23.6 Å². The molecule has 3 rings (SSSR count). The van der Waals surface area contributed by atoms with Crippen LogP contribution >= 0.6 is 0 Å². The Balaban J connectivity index is 1.79. The Labute approximate surface area is 211 Å². The van der Waals surface area contributed by atoms with Crippen molar-refractivity contribution in [2.75, 3.05) is 18.6 Å². The highest BCUT2D eigenvalue weighted by molar-refractivity contribution is 7.90. The highest BCUT2D eigenvalue weighted by Gasteiger charge is 2.27. The first-order chi connectivity index (χ1) is 17.2. The summed E-state index contributed by atoms with van der Waals surface area (Å²) in [7, 11) is -2.54. The summed E-state index contributed by atoms with van der Waals surface area (Å²) < 4.78 is 33.0. The molecule has 188 valence electrons. The minimum Gasteiger partial charge on any atom is -0.490 e. The molecule has 3 aromatic rings. The maximum atomic E-state index is 13.4.